The quantitative estimate of drug-likeness (QED) is 0.655. The predicted octanol–water partition coefficient (Wildman–Crippen LogP) is 2.40. The number of fused-ring (bicyclic) bond motifs is 1. The van der Waals surface area contributed by atoms with Crippen LogP contribution in [0.2, 0.25) is 0 Å². The Hall–Kier alpha value is -3.49. The van der Waals surface area contributed by atoms with Gasteiger partial charge in [0.1, 0.15) is 0 Å². The fourth-order valence-electron chi connectivity index (χ4n) is 2.94. The summed E-state index contributed by atoms with van der Waals surface area (Å²) in [6.07, 6.45) is -0.0365. The van der Waals surface area contributed by atoms with E-state index in [0.717, 1.165) is 0 Å². The number of carbonyl (C=O) groups is 1. The topological polar surface area (TPSA) is 82.5 Å². The van der Waals surface area contributed by atoms with Crippen LogP contribution in [0.5, 0.6) is 11.5 Å². The number of methoxy groups -OCH3 is 1. The summed E-state index contributed by atoms with van der Waals surface area (Å²) in [6.45, 7) is -2.88. The zero-order valence-electron chi connectivity index (χ0n) is 15.8. The fraction of sp³-hybridized carbons (Fsp3) is 0.250. The first-order valence-electron chi connectivity index (χ1n) is 8.72. The Morgan fingerprint density at radius 3 is 2.59 bits per heavy atom. The number of hydrogen-bond acceptors (Lipinski definition) is 5. The van der Waals surface area contributed by atoms with E-state index in [-0.39, 0.29) is 35.9 Å². The molecule has 1 N–H and O–H groups in total. The average molecular weight is 403 g/mol. The summed E-state index contributed by atoms with van der Waals surface area (Å²) in [6, 6.07) is 11.4. The van der Waals surface area contributed by atoms with E-state index >= 15 is 0 Å². The standard InChI is InChI=1S/C20H19F2N3O4/c1-25-19(27)14-6-4-3-5-13(14)15(24-25)10-18(26)23-11-12-7-8-16(28-2)17(9-12)29-20(21)22/h3-9,20H,10-11H2,1-2H3,(H,23,26). The lowest BCUT2D eigenvalue weighted by molar-refractivity contribution is -0.120. The Labute approximate surface area is 164 Å². The van der Waals surface area contributed by atoms with Crippen molar-refractivity contribution in [3.63, 3.8) is 0 Å². The Bertz CT molecular complexity index is 1100. The maximum Gasteiger partial charge on any atom is 0.387 e. The Balaban J connectivity index is 1.73. The molecule has 0 fully saturated rings. The molecule has 0 bridgehead atoms. The molecule has 2 aromatic carbocycles. The Morgan fingerprint density at radius 1 is 1.17 bits per heavy atom. The summed E-state index contributed by atoms with van der Waals surface area (Å²) >= 11 is 0. The zero-order chi connectivity index (χ0) is 21.0. The van der Waals surface area contributed by atoms with Crippen molar-refractivity contribution in [2.24, 2.45) is 7.05 Å². The van der Waals surface area contributed by atoms with Crippen LogP contribution in [-0.4, -0.2) is 29.4 Å². The zero-order valence-corrected chi connectivity index (χ0v) is 15.8. The van der Waals surface area contributed by atoms with Gasteiger partial charge in [-0.25, -0.2) is 4.68 Å². The summed E-state index contributed by atoms with van der Waals surface area (Å²) in [5.41, 5.74) is 0.791. The van der Waals surface area contributed by atoms with Crippen LogP contribution in [0.25, 0.3) is 10.8 Å². The smallest absolute Gasteiger partial charge is 0.387 e. The number of benzene rings is 2. The number of alkyl halides is 2. The molecule has 3 aromatic rings. The molecule has 0 aliphatic rings. The van der Waals surface area contributed by atoms with Gasteiger partial charge in [0.2, 0.25) is 5.91 Å². The van der Waals surface area contributed by atoms with Crippen molar-refractivity contribution in [1.82, 2.24) is 15.1 Å². The number of rotatable bonds is 7. The minimum atomic E-state index is -2.99. The van der Waals surface area contributed by atoms with Crippen molar-refractivity contribution in [3.05, 3.63) is 64.1 Å². The van der Waals surface area contributed by atoms with Crippen molar-refractivity contribution in [2.75, 3.05) is 7.11 Å². The van der Waals surface area contributed by atoms with Gasteiger partial charge in [-0.3, -0.25) is 9.59 Å². The van der Waals surface area contributed by atoms with Crippen LogP contribution >= 0.6 is 0 Å². The second kappa shape index (κ2) is 8.68. The maximum atomic E-state index is 12.5. The molecular weight excluding hydrogens is 384 g/mol. The van der Waals surface area contributed by atoms with Crippen molar-refractivity contribution in [1.29, 1.82) is 0 Å². The number of hydrogen-bond donors (Lipinski definition) is 1. The van der Waals surface area contributed by atoms with E-state index in [1.165, 1.54) is 31.0 Å². The van der Waals surface area contributed by atoms with Crippen molar-refractivity contribution < 1.29 is 23.0 Å². The van der Waals surface area contributed by atoms with E-state index in [1.54, 1.807) is 30.3 Å². The highest BCUT2D eigenvalue weighted by atomic mass is 19.3. The molecule has 1 heterocycles. The van der Waals surface area contributed by atoms with Crippen LogP contribution in [0.3, 0.4) is 0 Å². The van der Waals surface area contributed by atoms with E-state index in [4.69, 9.17) is 4.74 Å². The van der Waals surface area contributed by atoms with Crippen LogP contribution in [-0.2, 0) is 24.8 Å². The van der Waals surface area contributed by atoms with Crippen molar-refractivity contribution in [2.45, 2.75) is 19.6 Å². The lowest BCUT2D eigenvalue weighted by Gasteiger charge is -2.12. The van der Waals surface area contributed by atoms with Gasteiger partial charge in [0, 0.05) is 19.0 Å². The van der Waals surface area contributed by atoms with Gasteiger partial charge in [0.25, 0.3) is 5.56 Å². The van der Waals surface area contributed by atoms with Crippen molar-refractivity contribution >= 4 is 16.7 Å². The summed E-state index contributed by atoms with van der Waals surface area (Å²) in [4.78, 5) is 24.6. The molecule has 0 aliphatic heterocycles. The lowest BCUT2D eigenvalue weighted by atomic mass is 10.1. The molecule has 29 heavy (non-hydrogen) atoms. The molecule has 0 aliphatic carbocycles. The molecule has 0 unspecified atom stereocenters. The number of carbonyl (C=O) groups excluding carboxylic acids is 1. The van der Waals surface area contributed by atoms with Gasteiger partial charge >= 0.3 is 6.61 Å². The highest BCUT2D eigenvalue weighted by Crippen LogP contribution is 2.29. The third-order valence-electron chi connectivity index (χ3n) is 4.29. The highest BCUT2D eigenvalue weighted by molar-refractivity contribution is 5.88. The predicted molar refractivity (Wildman–Crippen MR) is 102 cm³/mol. The molecule has 0 radical (unpaired) electrons. The molecule has 1 aromatic heterocycles. The van der Waals surface area contributed by atoms with Crippen LogP contribution in [0.1, 0.15) is 11.3 Å². The van der Waals surface area contributed by atoms with Gasteiger partial charge in [0.15, 0.2) is 11.5 Å². The second-order valence-electron chi connectivity index (χ2n) is 6.24. The molecule has 152 valence electrons. The van der Waals surface area contributed by atoms with Crippen LogP contribution in [0, 0.1) is 0 Å². The monoisotopic (exact) mass is 403 g/mol. The lowest BCUT2D eigenvalue weighted by Crippen LogP contribution is -2.27. The van der Waals surface area contributed by atoms with E-state index in [1.807, 2.05) is 0 Å². The second-order valence-corrected chi connectivity index (χ2v) is 6.24. The molecule has 9 heteroatoms. The van der Waals surface area contributed by atoms with Gasteiger partial charge in [-0.05, 0) is 23.8 Å². The van der Waals surface area contributed by atoms with Crippen LogP contribution < -0.4 is 20.3 Å². The first kappa shape index (κ1) is 20.2. The Morgan fingerprint density at radius 2 is 1.90 bits per heavy atom. The van der Waals surface area contributed by atoms with Crippen molar-refractivity contribution in [3.8, 4) is 11.5 Å². The molecule has 1 amide bonds. The number of ether oxygens (including phenoxy) is 2. The summed E-state index contributed by atoms with van der Waals surface area (Å²) in [5.74, 6) is -0.269. The molecule has 0 atom stereocenters. The number of aryl methyl sites for hydroxylation is 1. The number of amides is 1. The molecular formula is C20H19F2N3O4. The molecule has 0 saturated carbocycles. The summed E-state index contributed by atoms with van der Waals surface area (Å²) in [5, 5.41) is 8.00. The molecule has 0 spiro atoms. The van der Waals surface area contributed by atoms with E-state index in [0.29, 0.717) is 22.0 Å². The summed E-state index contributed by atoms with van der Waals surface area (Å²) < 4.78 is 35.7. The first-order chi connectivity index (χ1) is 13.9. The molecule has 0 saturated heterocycles. The van der Waals surface area contributed by atoms with Crippen LogP contribution in [0.15, 0.2) is 47.3 Å². The summed E-state index contributed by atoms with van der Waals surface area (Å²) in [7, 11) is 2.87. The maximum absolute atomic E-state index is 12.5. The number of aromatic nitrogens is 2. The van der Waals surface area contributed by atoms with Gasteiger partial charge in [-0.15, -0.1) is 0 Å². The third-order valence-corrected chi connectivity index (χ3v) is 4.29. The minimum absolute atomic E-state index is 0.0365. The number of nitrogens with one attached hydrogen (secondary N) is 1. The van der Waals surface area contributed by atoms with E-state index in [2.05, 4.69) is 15.2 Å². The van der Waals surface area contributed by atoms with Gasteiger partial charge in [-0.1, -0.05) is 24.3 Å². The SMILES string of the molecule is COc1ccc(CNC(=O)Cc2nn(C)c(=O)c3ccccc23)cc1OC(F)F. The van der Waals surface area contributed by atoms with Gasteiger partial charge in [-0.2, -0.15) is 13.9 Å². The number of halogens is 2. The molecule has 3 rings (SSSR count). The highest BCUT2D eigenvalue weighted by Gasteiger charge is 2.14. The van der Waals surface area contributed by atoms with Gasteiger partial charge < -0.3 is 14.8 Å². The molecule has 7 nitrogen and oxygen atoms in total. The van der Waals surface area contributed by atoms with E-state index in [9.17, 15) is 18.4 Å². The third kappa shape index (κ3) is 4.68. The van der Waals surface area contributed by atoms with E-state index < -0.39 is 6.61 Å². The Kier molecular flexibility index (Phi) is 6.06. The average Bonchev–Trinajstić information content (AvgIpc) is 2.70. The normalized spacial score (nSPS) is 10.9. The van der Waals surface area contributed by atoms with Gasteiger partial charge in [0.05, 0.1) is 24.6 Å². The fourth-order valence-corrected chi connectivity index (χ4v) is 2.94. The minimum Gasteiger partial charge on any atom is -0.493 e. The number of nitrogens with zero attached hydrogens (tertiary/aromatic N) is 2. The first-order valence-corrected chi connectivity index (χ1v) is 8.72. The van der Waals surface area contributed by atoms with Crippen LogP contribution in [0.4, 0.5) is 8.78 Å². The largest absolute Gasteiger partial charge is 0.493 e.